The SMILES string of the molecule is CC(CNC(=O)c1c[c]cc(Nc2ccccc2)c1)c1ccccc1. The van der Waals surface area contributed by atoms with Crippen molar-refractivity contribution in [3.8, 4) is 0 Å². The first-order valence-corrected chi connectivity index (χ1v) is 8.39. The molecule has 0 heterocycles. The molecule has 125 valence electrons. The number of carbonyl (C=O) groups excluding carboxylic acids is 1. The van der Waals surface area contributed by atoms with E-state index < -0.39 is 0 Å². The first-order valence-electron chi connectivity index (χ1n) is 8.39. The molecule has 0 saturated heterocycles. The smallest absolute Gasteiger partial charge is 0.251 e. The summed E-state index contributed by atoms with van der Waals surface area (Å²) in [6, 6.07) is 28.4. The van der Waals surface area contributed by atoms with E-state index in [1.165, 1.54) is 5.56 Å². The van der Waals surface area contributed by atoms with Gasteiger partial charge in [0.2, 0.25) is 0 Å². The molecule has 2 N–H and O–H groups in total. The van der Waals surface area contributed by atoms with Gasteiger partial charge in [0, 0.05) is 23.5 Å². The normalized spacial score (nSPS) is 11.6. The maximum absolute atomic E-state index is 12.4. The summed E-state index contributed by atoms with van der Waals surface area (Å²) < 4.78 is 0. The third kappa shape index (κ3) is 4.70. The van der Waals surface area contributed by atoms with Crippen LogP contribution < -0.4 is 10.6 Å². The maximum Gasteiger partial charge on any atom is 0.251 e. The minimum Gasteiger partial charge on any atom is -0.355 e. The van der Waals surface area contributed by atoms with Gasteiger partial charge in [-0.15, -0.1) is 0 Å². The predicted molar refractivity (Wildman–Crippen MR) is 102 cm³/mol. The van der Waals surface area contributed by atoms with E-state index in [1.54, 1.807) is 6.07 Å². The largest absolute Gasteiger partial charge is 0.355 e. The van der Waals surface area contributed by atoms with Crippen LogP contribution in [-0.4, -0.2) is 12.5 Å². The highest BCUT2D eigenvalue weighted by Crippen LogP contribution is 2.18. The molecule has 0 aliphatic rings. The number of amides is 1. The summed E-state index contributed by atoms with van der Waals surface area (Å²) in [7, 11) is 0. The van der Waals surface area contributed by atoms with Crippen molar-refractivity contribution < 1.29 is 4.79 Å². The first-order chi connectivity index (χ1) is 12.2. The van der Waals surface area contributed by atoms with E-state index >= 15 is 0 Å². The molecule has 3 aromatic rings. The summed E-state index contributed by atoms with van der Waals surface area (Å²) >= 11 is 0. The second-order valence-electron chi connectivity index (χ2n) is 6.02. The molecule has 0 fully saturated rings. The van der Waals surface area contributed by atoms with Crippen LogP contribution in [0, 0.1) is 6.07 Å². The van der Waals surface area contributed by atoms with Crippen LogP contribution in [0.25, 0.3) is 0 Å². The Morgan fingerprint density at radius 2 is 1.64 bits per heavy atom. The highest BCUT2D eigenvalue weighted by molar-refractivity contribution is 5.95. The molecule has 3 nitrogen and oxygen atoms in total. The van der Waals surface area contributed by atoms with Crippen molar-refractivity contribution in [2.45, 2.75) is 12.8 Å². The quantitative estimate of drug-likeness (QED) is 0.684. The van der Waals surface area contributed by atoms with Gasteiger partial charge in [-0.3, -0.25) is 4.79 Å². The number of hydrogen-bond donors (Lipinski definition) is 2. The van der Waals surface area contributed by atoms with Crippen LogP contribution in [-0.2, 0) is 0 Å². The predicted octanol–water partition coefficient (Wildman–Crippen LogP) is 4.76. The Morgan fingerprint density at radius 3 is 2.36 bits per heavy atom. The van der Waals surface area contributed by atoms with E-state index in [4.69, 9.17) is 0 Å². The Balaban J connectivity index is 1.61. The van der Waals surface area contributed by atoms with Crippen molar-refractivity contribution >= 4 is 17.3 Å². The lowest BCUT2D eigenvalue weighted by atomic mass is 10.0. The van der Waals surface area contributed by atoms with Crippen LogP contribution in [0.4, 0.5) is 11.4 Å². The van der Waals surface area contributed by atoms with Crippen LogP contribution in [0.5, 0.6) is 0 Å². The molecule has 1 unspecified atom stereocenters. The van der Waals surface area contributed by atoms with Gasteiger partial charge >= 0.3 is 0 Å². The third-order valence-electron chi connectivity index (χ3n) is 4.05. The topological polar surface area (TPSA) is 41.1 Å². The molecule has 1 radical (unpaired) electrons. The molecular formula is C22H21N2O. The zero-order chi connectivity index (χ0) is 17.5. The maximum atomic E-state index is 12.4. The molecule has 0 saturated carbocycles. The molecule has 3 heteroatoms. The Kier molecular flexibility index (Phi) is 5.47. The lowest BCUT2D eigenvalue weighted by molar-refractivity contribution is 0.0951. The van der Waals surface area contributed by atoms with Crippen LogP contribution in [0.15, 0.2) is 78.9 Å². The Morgan fingerprint density at radius 1 is 0.960 bits per heavy atom. The van der Waals surface area contributed by atoms with Crippen LogP contribution in [0.2, 0.25) is 0 Å². The molecule has 25 heavy (non-hydrogen) atoms. The number of nitrogens with one attached hydrogen (secondary N) is 2. The van der Waals surface area contributed by atoms with Gasteiger partial charge in [-0.05, 0) is 47.9 Å². The lowest BCUT2D eigenvalue weighted by Crippen LogP contribution is -2.27. The highest BCUT2D eigenvalue weighted by Gasteiger charge is 2.10. The van der Waals surface area contributed by atoms with Crippen molar-refractivity contribution in [2.24, 2.45) is 0 Å². The Labute approximate surface area is 148 Å². The van der Waals surface area contributed by atoms with Crippen molar-refractivity contribution in [3.63, 3.8) is 0 Å². The van der Waals surface area contributed by atoms with Gasteiger partial charge in [0.05, 0.1) is 0 Å². The minimum absolute atomic E-state index is 0.0873. The molecule has 3 aromatic carbocycles. The van der Waals surface area contributed by atoms with E-state index in [2.05, 4.69) is 35.8 Å². The number of carbonyl (C=O) groups is 1. The highest BCUT2D eigenvalue weighted by atomic mass is 16.1. The lowest BCUT2D eigenvalue weighted by Gasteiger charge is -2.13. The zero-order valence-electron chi connectivity index (χ0n) is 14.2. The van der Waals surface area contributed by atoms with Gasteiger partial charge in [-0.2, -0.15) is 0 Å². The van der Waals surface area contributed by atoms with Crippen molar-refractivity contribution in [1.82, 2.24) is 5.32 Å². The fourth-order valence-corrected chi connectivity index (χ4v) is 2.61. The van der Waals surface area contributed by atoms with E-state index in [0.29, 0.717) is 12.1 Å². The number of hydrogen-bond acceptors (Lipinski definition) is 2. The standard InChI is InChI=1S/C22H21N2O/c1-17(18-9-4-2-5-10-18)16-23-22(25)19-11-8-14-21(15-19)24-20-12-6-3-7-13-20/h2-7,9-15,17,24H,16H2,1H3,(H,23,25). The Hall–Kier alpha value is -3.07. The van der Waals surface area contributed by atoms with Gasteiger partial charge in [-0.1, -0.05) is 55.5 Å². The van der Waals surface area contributed by atoms with E-state index in [0.717, 1.165) is 11.4 Å². The van der Waals surface area contributed by atoms with Crippen molar-refractivity contribution in [3.05, 3.63) is 96.1 Å². The number of benzene rings is 3. The number of para-hydroxylation sites is 1. The van der Waals surface area contributed by atoms with E-state index in [9.17, 15) is 4.79 Å². The van der Waals surface area contributed by atoms with Gasteiger partial charge < -0.3 is 10.6 Å². The average Bonchev–Trinajstić information content (AvgIpc) is 2.67. The minimum atomic E-state index is -0.0873. The van der Waals surface area contributed by atoms with Crippen LogP contribution in [0.1, 0.15) is 28.8 Å². The molecule has 0 aliphatic carbocycles. The number of anilines is 2. The summed E-state index contributed by atoms with van der Waals surface area (Å²) in [5.74, 6) is 0.176. The fraction of sp³-hybridized carbons (Fsp3) is 0.136. The van der Waals surface area contributed by atoms with E-state index in [1.807, 2.05) is 60.7 Å². The molecular weight excluding hydrogens is 308 g/mol. The summed E-state index contributed by atoms with van der Waals surface area (Å²) in [6.45, 7) is 2.70. The molecule has 1 atom stereocenters. The van der Waals surface area contributed by atoms with Gasteiger partial charge in [0.1, 0.15) is 0 Å². The molecule has 0 spiro atoms. The summed E-state index contributed by atoms with van der Waals surface area (Å²) in [6.07, 6.45) is 0. The molecule has 3 rings (SSSR count). The summed E-state index contributed by atoms with van der Waals surface area (Å²) in [5.41, 5.74) is 3.64. The zero-order valence-corrected chi connectivity index (χ0v) is 14.2. The van der Waals surface area contributed by atoms with Crippen molar-refractivity contribution in [2.75, 3.05) is 11.9 Å². The molecule has 0 bridgehead atoms. The average molecular weight is 329 g/mol. The molecule has 0 aromatic heterocycles. The van der Waals surface area contributed by atoms with E-state index in [-0.39, 0.29) is 11.8 Å². The number of rotatable bonds is 6. The molecule has 0 aliphatic heterocycles. The second kappa shape index (κ2) is 8.15. The second-order valence-corrected chi connectivity index (χ2v) is 6.02. The molecule has 1 amide bonds. The van der Waals surface area contributed by atoms with Gasteiger partial charge in [0.25, 0.3) is 5.91 Å². The van der Waals surface area contributed by atoms with Gasteiger partial charge in [-0.25, -0.2) is 0 Å². The summed E-state index contributed by atoms with van der Waals surface area (Å²) in [4.78, 5) is 12.4. The van der Waals surface area contributed by atoms with Crippen molar-refractivity contribution in [1.29, 1.82) is 0 Å². The monoisotopic (exact) mass is 329 g/mol. The third-order valence-corrected chi connectivity index (χ3v) is 4.05. The first kappa shape index (κ1) is 16.8. The van der Waals surface area contributed by atoms with Crippen LogP contribution >= 0.6 is 0 Å². The Bertz CT molecular complexity index is 816. The van der Waals surface area contributed by atoms with Crippen LogP contribution in [0.3, 0.4) is 0 Å². The van der Waals surface area contributed by atoms with Gasteiger partial charge in [0.15, 0.2) is 0 Å². The summed E-state index contributed by atoms with van der Waals surface area (Å²) in [5, 5.41) is 6.28. The fourth-order valence-electron chi connectivity index (χ4n) is 2.61.